The summed E-state index contributed by atoms with van der Waals surface area (Å²) in [5.74, 6) is 0.997. The fourth-order valence-electron chi connectivity index (χ4n) is 2.43. The van der Waals surface area contributed by atoms with Gasteiger partial charge in [-0.05, 0) is 37.1 Å². The topological polar surface area (TPSA) is 73.3 Å². The minimum atomic E-state index is -0.209. The number of amides is 1. The zero-order valence-corrected chi connectivity index (χ0v) is 15.1. The molecule has 0 fully saturated rings. The van der Waals surface area contributed by atoms with Gasteiger partial charge in [0.15, 0.2) is 6.61 Å². The van der Waals surface area contributed by atoms with E-state index in [1.807, 2.05) is 38.1 Å². The highest BCUT2D eigenvalue weighted by molar-refractivity contribution is 7.18. The molecule has 2 aromatic heterocycles. The van der Waals surface area contributed by atoms with Crippen LogP contribution in [0.5, 0.6) is 11.6 Å². The number of hydrogen-bond acceptors (Lipinski definition) is 6. The number of benzene rings is 1. The van der Waals surface area contributed by atoms with E-state index in [1.165, 1.54) is 11.2 Å². The molecule has 3 rings (SSSR count). The van der Waals surface area contributed by atoms with Gasteiger partial charge in [0.1, 0.15) is 16.9 Å². The second-order valence-electron chi connectivity index (χ2n) is 5.56. The van der Waals surface area contributed by atoms with Gasteiger partial charge in [-0.15, -0.1) is 11.3 Å². The molecular weight excluding hydrogens is 338 g/mol. The number of carbonyl (C=O) groups excluding carboxylic acids is 1. The maximum Gasteiger partial charge on any atom is 0.258 e. The molecular formula is C18H19N3O3S. The van der Waals surface area contributed by atoms with E-state index in [0.29, 0.717) is 12.4 Å². The van der Waals surface area contributed by atoms with Crippen molar-refractivity contribution in [1.29, 1.82) is 0 Å². The normalized spacial score (nSPS) is 10.7. The molecule has 6 nitrogen and oxygen atoms in total. The Labute approximate surface area is 149 Å². The third-order valence-corrected chi connectivity index (χ3v) is 5.01. The predicted octanol–water partition coefficient (Wildman–Crippen LogP) is 3.01. The molecule has 0 saturated carbocycles. The smallest absolute Gasteiger partial charge is 0.258 e. The lowest BCUT2D eigenvalue weighted by Crippen LogP contribution is -2.28. The van der Waals surface area contributed by atoms with Crippen LogP contribution in [0.4, 0.5) is 0 Å². The number of fused-ring (bicyclic) bond motifs is 1. The Morgan fingerprint density at radius 3 is 2.92 bits per heavy atom. The van der Waals surface area contributed by atoms with E-state index >= 15 is 0 Å². The first-order chi connectivity index (χ1) is 12.1. The van der Waals surface area contributed by atoms with Gasteiger partial charge in [0.2, 0.25) is 5.88 Å². The summed E-state index contributed by atoms with van der Waals surface area (Å²) >= 11 is 1.59. The molecule has 3 aromatic rings. The van der Waals surface area contributed by atoms with Crippen LogP contribution in [0, 0.1) is 13.8 Å². The van der Waals surface area contributed by atoms with Gasteiger partial charge >= 0.3 is 0 Å². The number of carbonyl (C=O) groups is 1. The molecule has 0 spiro atoms. The Hall–Kier alpha value is -2.67. The number of nitrogens with zero attached hydrogens (tertiary/aromatic N) is 2. The van der Waals surface area contributed by atoms with Crippen LogP contribution < -0.4 is 14.8 Å². The lowest BCUT2D eigenvalue weighted by Gasteiger charge is -2.09. The fraction of sp³-hybridized carbons (Fsp3) is 0.278. The molecule has 0 aliphatic heterocycles. The van der Waals surface area contributed by atoms with E-state index in [0.717, 1.165) is 27.1 Å². The Bertz CT molecular complexity index is 908. The van der Waals surface area contributed by atoms with E-state index in [1.54, 1.807) is 18.4 Å². The Balaban J connectivity index is 1.61. The number of rotatable bonds is 6. The number of ether oxygens (including phenoxy) is 2. The highest BCUT2D eigenvalue weighted by atomic mass is 32.1. The van der Waals surface area contributed by atoms with Crippen molar-refractivity contribution < 1.29 is 14.3 Å². The second-order valence-corrected chi connectivity index (χ2v) is 6.76. The van der Waals surface area contributed by atoms with Crippen LogP contribution in [-0.2, 0) is 11.3 Å². The monoisotopic (exact) mass is 357 g/mol. The number of thiophene rings is 1. The van der Waals surface area contributed by atoms with Crippen molar-refractivity contribution in [2.45, 2.75) is 20.4 Å². The molecule has 0 aliphatic carbocycles. The van der Waals surface area contributed by atoms with Crippen molar-refractivity contribution in [3.63, 3.8) is 0 Å². The average Bonchev–Trinajstić information content (AvgIpc) is 2.93. The molecule has 2 heterocycles. The third-order valence-electron chi connectivity index (χ3n) is 3.89. The van der Waals surface area contributed by atoms with Gasteiger partial charge in [-0.1, -0.05) is 12.1 Å². The van der Waals surface area contributed by atoms with Gasteiger partial charge in [0.05, 0.1) is 12.5 Å². The summed E-state index contributed by atoms with van der Waals surface area (Å²) in [6.45, 7) is 4.36. The van der Waals surface area contributed by atoms with E-state index in [-0.39, 0.29) is 12.5 Å². The molecule has 1 N–H and O–H groups in total. The zero-order valence-electron chi connectivity index (χ0n) is 14.3. The molecule has 1 aromatic carbocycles. The number of aromatic nitrogens is 2. The Morgan fingerprint density at radius 1 is 1.28 bits per heavy atom. The minimum Gasteiger partial charge on any atom is -0.497 e. The molecule has 0 aliphatic rings. The quantitative estimate of drug-likeness (QED) is 0.734. The standard InChI is InChI=1S/C18H19N3O3S/c1-11-12(2)25-18-16(11)17(20-10-21-18)24-9-15(22)19-8-13-5-4-6-14(7-13)23-3/h4-7,10H,8-9H2,1-3H3,(H,19,22). The summed E-state index contributed by atoms with van der Waals surface area (Å²) in [6, 6.07) is 7.55. The highest BCUT2D eigenvalue weighted by Gasteiger charge is 2.14. The first-order valence-corrected chi connectivity index (χ1v) is 8.63. The Kier molecular flexibility index (Phi) is 5.14. The summed E-state index contributed by atoms with van der Waals surface area (Å²) in [4.78, 5) is 22.5. The van der Waals surface area contributed by atoms with Crippen molar-refractivity contribution in [3.05, 3.63) is 46.6 Å². The summed E-state index contributed by atoms with van der Waals surface area (Å²) in [5.41, 5.74) is 2.05. The van der Waals surface area contributed by atoms with Crippen molar-refractivity contribution in [2.24, 2.45) is 0 Å². The lowest BCUT2D eigenvalue weighted by atomic mass is 10.2. The molecule has 0 atom stereocenters. The van der Waals surface area contributed by atoms with Gasteiger partial charge in [-0.25, -0.2) is 9.97 Å². The first kappa shape index (κ1) is 17.2. The third kappa shape index (κ3) is 3.88. The SMILES string of the molecule is COc1cccc(CNC(=O)COc2ncnc3sc(C)c(C)c23)c1. The van der Waals surface area contributed by atoms with Gasteiger partial charge in [-0.2, -0.15) is 0 Å². The molecule has 130 valence electrons. The van der Waals surface area contributed by atoms with Crippen molar-refractivity contribution in [1.82, 2.24) is 15.3 Å². The van der Waals surface area contributed by atoms with Gasteiger partial charge in [-0.3, -0.25) is 4.79 Å². The van der Waals surface area contributed by atoms with Crippen LogP contribution in [0.25, 0.3) is 10.2 Å². The van der Waals surface area contributed by atoms with Crippen LogP contribution in [0.3, 0.4) is 0 Å². The average molecular weight is 357 g/mol. The summed E-state index contributed by atoms with van der Waals surface area (Å²) in [5, 5.41) is 3.71. The molecule has 1 amide bonds. The molecule has 7 heteroatoms. The predicted molar refractivity (Wildman–Crippen MR) is 97.2 cm³/mol. The van der Waals surface area contributed by atoms with Crippen molar-refractivity contribution >= 4 is 27.5 Å². The van der Waals surface area contributed by atoms with Crippen LogP contribution in [-0.4, -0.2) is 29.6 Å². The summed E-state index contributed by atoms with van der Waals surface area (Å²) < 4.78 is 10.8. The van der Waals surface area contributed by atoms with Crippen LogP contribution in [0.2, 0.25) is 0 Å². The van der Waals surface area contributed by atoms with Crippen molar-refractivity contribution in [3.8, 4) is 11.6 Å². The van der Waals surface area contributed by atoms with Gasteiger partial charge in [0.25, 0.3) is 5.91 Å². The van der Waals surface area contributed by atoms with Gasteiger partial charge < -0.3 is 14.8 Å². The number of aryl methyl sites for hydroxylation is 2. The van der Waals surface area contributed by atoms with E-state index in [2.05, 4.69) is 15.3 Å². The summed E-state index contributed by atoms with van der Waals surface area (Å²) in [7, 11) is 1.61. The molecule has 0 saturated heterocycles. The largest absolute Gasteiger partial charge is 0.497 e. The first-order valence-electron chi connectivity index (χ1n) is 7.81. The maximum atomic E-state index is 12.1. The zero-order chi connectivity index (χ0) is 17.8. The van der Waals surface area contributed by atoms with E-state index in [9.17, 15) is 4.79 Å². The second kappa shape index (κ2) is 7.48. The number of hydrogen-bond donors (Lipinski definition) is 1. The number of methoxy groups -OCH3 is 1. The molecule has 0 bridgehead atoms. The van der Waals surface area contributed by atoms with Crippen molar-refractivity contribution in [2.75, 3.05) is 13.7 Å². The summed E-state index contributed by atoms with van der Waals surface area (Å²) in [6.07, 6.45) is 1.46. The lowest BCUT2D eigenvalue weighted by molar-refractivity contribution is -0.123. The van der Waals surface area contributed by atoms with Crippen LogP contribution in [0.1, 0.15) is 16.0 Å². The molecule has 0 radical (unpaired) electrons. The van der Waals surface area contributed by atoms with Gasteiger partial charge in [0, 0.05) is 11.4 Å². The van der Waals surface area contributed by atoms with Crippen LogP contribution in [0.15, 0.2) is 30.6 Å². The fourth-order valence-corrected chi connectivity index (χ4v) is 3.42. The van der Waals surface area contributed by atoms with E-state index in [4.69, 9.17) is 9.47 Å². The molecule has 25 heavy (non-hydrogen) atoms. The maximum absolute atomic E-state index is 12.1. The highest BCUT2D eigenvalue weighted by Crippen LogP contribution is 2.33. The number of nitrogens with one attached hydrogen (secondary N) is 1. The minimum absolute atomic E-state index is 0.0928. The molecule has 0 unspecified atom stereocenters. The Morgan fingerprint density at radius 2 is 2.12 bits per heavy atom. The van der Waals surface area contributed by atoms with Crippen LogP contribution >= 0.6 is 11.3 Å². The van der Waals surface area contributed by atoms with E-state index < -0.39 is 0 Å².